The third kappa shape index (κ3) is 3.09. The summed E-state index contributed by atoms with van der Waals surface area (Å²) in [5.74, 6) is 0.897. The molecule has 1 atom stereocenters. The van der Waals surface area contributed by atoms with Crippen LogP contribution < -0.4 is 5.73 Å². The Balaban J connectivity index is 1.70. The zero-order valence-corrected chi connectivity index (χ0v) is 15.1. The minimum Gasteiger partial charge on any atom is -0.394 e. The number of fused-ring (bicyclic) bond motifs is 2. The highest BCUT2D eigenvalue weighted by atomic mass is 32.2. The molecule has 4 rings (SSSR count). The predicted octanol–water partition coefficient (Wildman–Crippen LogP) is 1.06. The van der Waals surface area contributed by atoms with Crippen LogP contribution in [-0.4, -0.2) is 51.2 Å². The normalized spacial score (nSPS) is 12.8. The zero-order chi connectivity index (χ0) is 18.1. The summed E-state index contributed by atoms with van der Waals surface area (Å²) in [5, 5.41) is 19.7. The van der Waals surface area contributed by atoms with Gasteiger partial charge in [0.25, 0.3) is 0 Å². The second kappa shape index (κ2) is 7.11. The maximum atomic E-state index is 9.88. The summed E-state index contributed by atoms with van der Waals surface area (Å²) >= 11 is 2.66. The molecule has 1 aromatic carbocycles. The van der Waals surface area contributed by atoms with Gasteiger partial charge in [0.2, 0.25) is 0 Å². The summed E-state index contributed by atoms with van der Waals surface area (Å²) in [6.07, 6.45) is 0.436. The maximum absolute atomic E-state index is 9.88. The number of nitrogens with zero attached hydrogens (tertiary/aromatic N) is 6. The van der Waals surface area contributed by atoms with Gasteiger partial charge in [-0.15, -0.1) is 0 Å². The molecule has 4 aromatic rings. The Kier molecular flexibility index (Phi) is 4.68. The number of anilines is 1. The molecule has 0 aliphatic carbocycles. The summed E-state index contributed by atoms with van der Waals surface area (Å²) in [6, 6.07) is 5.87. The van der Waals surface area contributed by atoms with Crippen LogP contribution in [0.3, 0.4) is 0 Å². The minimum absolute atomic E-state index is 0.161. The van der Waals surface area contributed by atoms with E-state index in [4.69, 9.17) is 5.73 Å². The number of benzene rings is 1. The highest BCUT2D eigenvalue weighted by Gasteiger charge is 2.18. The molecule has 0 bridgehead atoms. The van der Waals surface area contributed by atoms with Crippen molar-refractivity contribution in [3.63, 3.8) is 0 Å². The molecule has 0 fully saturated rings. The van der Waals surface area contributed by atoms with E-state index in [1.807, 2.05) is 18.2 Å². The minimum atomic E-state index is -0.922. The van der Waals surface area contributed by atoms with Crippen LogP contribution in [0.4, 0.5) is 5.82 Å². The summed E-state index contributed by atoms with van der Waals surface area (Å²) in [6.45, 7) is -0.192. The van der Waals surface area contributed by atoms with E-state index < -0.39 is 6.10 Å². The number of nitrogens with two attached hydrogens (primary N) is 1. The molecule has 3 aromatic heterocycles. The SMILES string of the molecule is Nc1ncnc2c1nc(SCc1cccc3nsnc13)n2C[C@H](O)CO. The second-order valence-electron chi connectivity index (χ2n) is 5.61. The average molecular weight is 389 g/mol. The van der Waals surface area contributed by atoms with Gasteiger partial charge in [-0.25, -0.2) is 15.0 Å². The van der Waals surface area contributed by atoms with Crippen LogP contribution in [0.15, 0.2) is 29.7 Å². The fraction of sp³-hybridized carbons (Fsp3) is 0.267. The van der Waals surface area contributed by atoms with Gasteiger partial charge in [-0.3, -0.25) is 0 Å². The van der Waals surface area contributed by atoms with E-state index in [0.29, 0.717) is 22.1 Å². The third-order valence-corrected chi connectivity index (χ3v) is 5.42. The molecule has 0 amide bonds. The lowest BCUT2D eigenvalue weighted by Crippen LogP contribution is -2.20. The summed E-state index contributed by atoms with van der Waals surface area (Å²) in [5.41, 5.74) is 9.70. The van der Waals surface area contributed by atoms with Crippen LogP contribution in [0.2, 0.25) is 0 Å². The van der Waals surface area contributed by atoms with Crippen LogP contribution in [0.25, 0.3) is 22.2 Å². The second-order valence-corrected chi connectivity index (χ2v) is 7.08. The number of aliphatic hydroxyl groups is 2. The summed E-state index contributed by atoms with van der Waals surface area (Å²) in [4.78, 5) is 12.7. The monoisotopic (exact) mass is 389 g/mol. The van der Waals surface area contributed by atoms with E-state index in [2.05, 4.69) is 23.7 Å². The average Bonchev–Trinajstić information content (AvgIpc) is 3.26. The lowest BCUT2D eigenvalue weighted by molar-refractivity contribution is 0.0801. The Morgan fingerprint density at radius 1 is 1.23 bits per heavy atom. The first kappa shape index (κ1) is 17.1. The van der Waals surface area contributed by atoms with Gasteiger partial charge in [0.1, 0.15) is 17.4 Å². The number of thioether (sulfide) groups is 1. The molecule has 4 N–H and O–H groups in total. The van der Waals surface area contributed by atoms with E-state index >= 15 is 0 Å². The molecule has 0 aliphatic rings. The Bertz CT molecular complexity index is 1060. The van der Waals surface area contributed by atoms with E-state index in [1.54, 1.807) is 4.57 Å². The number of nitrogen functional groups attached to an aromatic ring is 1. The first-order chi connectivity index (χ1) is 12.7. The van der Waals surface area contributed by atoms with Gasteiger partial charge in [-0.05, 0) is 11.6 Å². The van der Waals surface area contributed by atoms with Crippen molar-refractivity contribution in [3.05, 3.63) is 30.1 Å². The van der Waals surface area contributed by atoms with Crippen molar-refractivity contribution >= 4 is 51.5 Å². The summed E-state index contributed by atoms with van der Waals surface area (Å²) < 4.78 is 10.3. The van der Waals surface area contributed by atoms with Crippen molar-refractivity contribution in [3.8, 4) is 0 Å². The van der Waals surface area contributed by atoms with E-state index in [1.165, 1.54) is 29.8 Å². The number of hydrogen-bond donors (Lipinski definition) is 3. The Morgan fingerprint density at radius 3 is 2.96 bits per heavy atom. The van der Waals surface area contributed by atoms with Crippen molar-refractivity contribution in [2.24, 2.45) is 0 Å². The molecule has 11 heteroatoms. The van der Waals surface area contributed by atoms with Crippen LogP contribution in [0, 0.1) is 0 Å². The molecule has 0 radical (unpaired) electrons. The highest BCUT2D eigenvalue weighted by Crippen LogP contribution is 2.29. The molecule has 0 saturated heterocycles. The quantitative estimate of drug-likeness (QED) is 0.413. The van der Waals surface area contributed by atoms with Gasteiger partial charge in [-0.1, -0.05) is 23.9 Å². The van der Waals surface area contributed by atoms with Gasteiger partial charge >= 0.3 is 0 Å². The largest absolute Gasteiger partial charge is 0.394 e. The van der Waals surface area contributed by atoms with Gasteiger partial charge in [0, 0.05) is 5.75 Å². The van der Waals surface area contributed by atoms with Crippen molar-refractivity contribution in [1.29, 1.82) is 0 Å². The number of hydrogen-bond acceptors (Lipinski definition) is 10. The predicted molar refractivity (Wildman–Crippen MR) is 99.8 cm³/mol. The lowest BCUT2D eigenvalue weighted by Gasteiger charge is -2.11. The van der Waals surface area contributed by atoms with Crippen molar-refractivity contribution < 1.29 is 10.2 Å². The number of aromatic nitrogens is 6. The molecule has 0 spiro atoms. The molecule has 0 unspecified atom stereocenters. The van der Waals surface area contributed by atoms with E-state index in [-0.39, 0.29) is 19.0 Å². The lowest BCUT2D eigenvalue weighted by atomic mass is 10.2. The number of rotatable bonds is 6. The fourth-order valence-corrected chi connectivity index (χ4v) is 4.16. The molecule has 9 nitrogen and oxygen atoms in total. The van der Waals surface area contributed by atoms with Crippen LogP contribution >= 0.6 is 23.5 Å². The molecular formula is C15H15N7O2S2. The van der Waals surface area contributed by atoms with Crippen LogP contribution in [-0.2, 0) is 12.3 Å². The Labute approximate surface area is 156 Å². The smallest absolute Gasteiger partial charge is 0.170 e. The first-order valence-electron chi connectivity index (χ1n) is 7.76. The van der Waals surface area contributed by atoms with Crippen molar-refractivity contribution in [2.75, 3.05) is 12.3 Å². The maximum Gasteiger partial charge on any atom is 0.170 e. The molecule has 0 aliphatic heterocycles. The Morgan fingerprint density at radius 2 is 2.12 bits per heavy atom. The van der Waals surface area contributed by atoms with Gasteiger partial charge in [-0.2, -0.15) is 8.75 Å². The van der Waals surface area contributed by atoms with Crippen molar-refractivity contribution in [1.82, 2.24) is 28.3 Å². The van der Waals surface area contributed by atoms with Crippen LogP contribution in [0.5, 0.6) is 0 Å². The molecular weight excluding hydrogens is 374 g/mol. The molecule has 134 valence electrons. The topological polar surface area (TPSA) is 136 Å². The highest BCUT2D eigenvalue weighted by molar-refractivity contribution is 7.98. The summed E-state index contributed by atoms with van der Waals surface area (Å²) in [7, 11) is 0. The molecule has 26 heavy (non-hydrogen) atoms. The number of aliphatic hydroxyl groups excluding tert-OH is 2. The molecule has 0 saturated carbocycles. The number of imidazole rings is 1. The Hall–Kier alpha value is -2.34. The standard InChI is InChI=1S/C15H15N7O2S2/c16-13-12-14(18-7-17-13)22(4-9(24)5-23)15(19-12)25-6-8-2-1-3-10-11(8)21-26-20-10/h1-3,7,9,23-24H,4-6H2,(H2,16,17,18)/t9-/m0/s1. The third-order valence-electron chi connectivity index (χ3n) is 3.86. The first-order valence-corrected chi connectivity index (χ1v) is 9.47. The van der Waals surface area contributed by atoms with E-state index in [9.17, 15) is 10.2 Å². The van der Waals surface area contributed by atoms with Gasteiger partial charge in [0.15, 0.2) is 22.1 Å². The van der Waals surface area contributed by atoms with Gasteiger partial charge < -0.3 is 20.5 Å². The van der Waals surface area contributed by atoms with Crippen LogP contribution in [0.1, 0.15) is 5.56 Å². The van der Waals surface area contributed by atoms with Gasteiger partial charge in [0.05, 0.1) is 31.0 Å². The van der Waals surface area contributed by atoms with E-state index in [0.717, 1.165) is 16.6 Å². The zero-order valence-electron chi connectivity index (χ0n) is 13.5. The fourth-order valence-electron chi connectivity index (χ4n) is 2.60. The van der Waals surface area contributed by atoms with Crippen molar-refractivity contribution in [2.45, 2.75) is 23.6 Å². The molecule has 3 heterocycles.